The van der Waals surface area contributed by atoms with Gasteiger partial charge in [0.15, 0.2) is 0 Å². The van der Waals surface area contributed by atoms with Gasteiger partial charge in [-0.3, -0.25) is 0 Å². The van der Waals surface area contributed by atoms with Crippen molar-refractivity contribution in [3.63, 3.8) is 0 Å². The minimum atomic E-state index is -1.05. The van der Waals surface area contributed by atoms with Crippen LogP contribution in [0.1, 0.15) is 30.5 Å². The van der Waals surface area contributed by atoms with E-state index in [-0.39, 0.29) is 11.4 Å². The molecule has 0 aromatic heterocycles. The van der Waals surface area contributed by atoms with Crippen LogP contribution in [0.5, 0.6) is 0 Å². The maximum absolute atomic E-state index is 13.7. The number of rotatable bonds is 4. The van der Waals surface area contributed by atoms with Crippen LogP contribution in [0.15, 0.2) is 48.5 Å². The topological polar surface area (TPSA) is 37.3 Å². The molecule has 0 saturated heterocycles. The van der Waals surface area contributed by atoms with Gasteiger partial charge in [0.2, 0.25) is 0 Å². The van der Waals surface area contributed by atoms with E-state index in [0.29, 0.717) is 22.4 Å². The molecular weight excluding hydrogens is 299 g/mol. The van der Waals surface area contributed by atoms with Crippen LogP contribution in [0, 0.1) is 5.82 Å². The highest BCUT2D eigenvalue weighted by atomic mass is 32.1. The number of halogens is 1. The standard InChI is InChI=1S/C16H13FO2S.C2H6/c17-15-9-11(6-7-13(15)10-20)8-14(16(18)19)12-4-2-1-3-5-12;1-2/h1-9,20H,10H2,(H,18,19);1-2H3/b14-8+;. The number of hydrogen-bond donors (Lipinski definition) is 2. The zero-order chi connectivity index (χ0) is 16.5. The van der Waals surface area contributed by atoms with Gasteiger partial charge in [0.1, 0.15) is 5.82 Å². The lowest BCUT2D eigenvalue weighted by molar-refractivity contribution is -0.130. The molecule has 22 heavy (non-hydrogen) atoms. The first-order valence-electron chi connectivity index (χ1n) is 7.01. The third kappa shape index (κ3) is 4.74. The summed E-state index contributed by atoms with van der Waals surface area (Å²) >= 11 is 4.02. The van der Waals surface area contributed by atoms with Crippen molar-refractivity contribution in [3.05, 3.63) is 71.0 Å². The lowest BCUT2D eigenvalue weighted by Gasteiger charge is -2.04. The fourth-order valence-corrected chi connectivity index (χ4v) is 2.09. The van der Waals surface area contributed by atoms with E-state index in [9.17, 15) is 14.3 Å². The Hall–Kier alpha value is -2.07. The summed E-state index contributed by atoms with van der Waals surface area (Å²) in [5, 5.41) is 9.28. The monoisotopic (exact) mass is 318 g/mol. The summed E-state index contributed by atoms with van der Waals surface area (Å²) in [5.74, 6) is -1.12. The Morgan fingerprint density at radius 3 is 2.32 bits per heavy atom. The molecule has 0 aliphatic rings. The molecule has 0 heterocycles. The predicted octanol–water partition coefficient (Wildman–Crippen LogP) is 4.91. The Morgan fingerprint density at radius 1 is 1.18 bits per heavy atom. The Kier molecular flexibility index (Phi) is 7.40. The summed E-state index contributed by atoms with van der Waals surface area (Å²) in [6.07, 6.45) is 1.46. The second kappa shape index (κ2) is 9.05. The van der Waals surface area contributed by atoms with Crippen LogP contribution in [0.4, 0.5) is 4.39 Å². The third-order valence-corrected chi connectivity index (χ3v) is 3.21. The summed E-state index contributed by atoms with van der Waals surface area (Å²) in [5.41, 5.74) is 1.71. The molecule has 4 heteroatoms. The average molecular weight is 318 g/mol. The quantitative estimate of drug-likeness (QED) is 0.477. The predicted molar refractivity (Wildman–Crippen MR) is 92.4 cm³/mol. The molecular formula is C18H19FO2S. The van der Waals surface area contributed by atoms with Gasteiger partial charge >= 0.3 is 5.97 Å². The molecule has 2 nitrogen and oxygen atoms in total. The van der Waals surface area contributed by atoms with Gasteiger partial charge in [-0.1, -0.05) is 56.3 Å². The van der Waals surface area contributed by atoms with Crippen molar-refractivity contribution in [2.24, 2.45) is 0 Å². The molecule has 0 atom stereocenters. The van der Waals surface area contributed by atoms with Crippen molar-refractivity contribution in [2.45, 2.75) is 19.6 Å². The van der Waals surface area contributed by atoms with Gasteiger partial charge in [0, 0.05) is 5.75 Å². The molecule has 2 rings (SSSR count). The van der Waals surface area contributed by atoms with Crippen molar-refractivity contribution in [1.29, 1.82) is 0 Å². The summed E-state index contributed by atoms with van der Waals surface area (Å²) in [6, 6.07) is 13.4. The van der Waals surface area contributed by atoms with Gasteiger partial charge in [-0.25, -0.2) is 9.18 Å². The molecule has 0 saturated carbocycles. The van der Waals surface area contributed by atoms with Crippen molar-refractivity contribution in [1.82, 2.24) is 0 Å². The molecule has 0 unspecified atom stereocenters. The van der Waals surface area contributed by atoms with Crippen molar-refractivity contribution in [3.8, 4) is 0 Å². The van der Waals surface area contributed by atoms with E-state index < -0.39 is 5.97 Å². The first-order valence-corrected chi connectivity index (χ1v) is 7.65. The molecule has 0 aliphatic heterocycles. The number of thiol groups is 1. The molecule has 1 N–H and O–H groups in total. The lowest BCUT2D eigenvalue weighted by Crippen LogP contribution is -1.99. The lowest BCUT2D eigenvalue weighted by atomic mass is 10.0. The number of carbonyl (C=O) groups is 1. The highest BCUT2D eigenvalue weighted by Gasteiger charge is 2.10. The number of benzene rings is 2. The number of hydrogen-bond acceptors (Lipinski definition) is 2. The van der Waals surface area contributed by atoms with Crippen LogP contribution in [-0.2, 0) is 10.5 Å². The van der Waals surface area contributed by atoms with Crippen LogP contribution in [0.3, 0.4) is 0 Å². The van der Waals surface area contributed by atoms with E-state index in [0.717, 1.165) is 0 Å². The molecule has 2 aromatic rings. The molecule has 0 amide bonds. The average Bonchev–Trinajstić information content (AvgIpc) is 2.55. The zero-order valence-electron chi connectivity index (χ0n) is 12.6. The summed E-state index contributed by atoms with van der Waals surface area (Å²) in [6.45, 7) is 4.00. The molecule has 2 aromatic carbocycles. The molecule has 0 radical (unpaired) electrons. The van der Waals surface area contributed by atoms with E-state index in [1.807, 2.05) is 19.9 Å². The number of carboxylic acids is 1. The Morgan fingerprint density at radius 2 is 1.82 bits per heavy atom. The van der Waals surface area contributed by atoms with Gasteiger partial charge in [-0.15, -0.1) is 0 Å². The Labute approximate surface area is 135 Å². The third-order valence-electron chi connectivity index (χ3n) is 2.87. The van der Waals surface area contributed by atoms with Gasteiger partial charge < -0.3 is 5.11 Å². The van der Waals surface area contributed by atoms with Gasteiger partial charge in [0.05, 0.1) is 5.57 Å². The van der Waals surface area contributed by atoms with E-state index in [2.05, 4.69) is 12.6 Å². The first-order chi connectivity index (χ1) is 10.6. The van der Waals surface area contributed by atoms with Crippen LogP contribution in [0.2, 0.25) is 0 Å². The molecule has 0 spiro atoms. The van der Waals surface area contributed by atoms with Crippen LogP contribution >= 0.6 is 12.6 Å². The summed E-state index contributed by atoms with van der Waals surface area (Å²) in [4.78, 5) is 11.3. The SMILES string of the molecule is CC.O=C(O)/C(=C/c1ccc(CS)c(F)c1)c1ccccc1. The summed E-state index contributed by atoms with van der Waals surface area (Å²) in [7, 11) is 0. The van der Waals surface area contributed by atoms with E-state index >= 15 is 0 Å². The van der Waals surface area contributed by atoms with Crippen molar-refractivity contribution < 1.29 is 14.3 Å². The fraction of sp³-hybridized carbons (Fsp3) is 0.167. The van der Waals surface area contributed by atoms with E-state index in [1.54, 1.807) is 36.4 Å². The zero-order valence-corrected chi connectivity index (χ0v) is 13.5. The highest BCUT2D eigenvalue weighted by molar-refractivity contribution is 7.79. The Balaban J connectivity index is 0.00000116. The van der Waals surface area contributed by atoms with Crippen molar-refractivity contribution in [2.75, 3.05) is 0 Å². The highest BCUT2D eigenvalue weighted by Crippen LogP contribution is 2.20. The molecule has 0 fully saturated rings. The Bertz CT molecular complexity index is 651. The first kappa shape index (κ1) is 18.0. The second-order valence-corrected chi connectivity index (χ2v) is 4.55. The maximum atomic E-state index is 13.7. The minimum Gasteiger partial charge on any atom is -0.478 e. The second-order valence-electron chi connectivity index (χ2n) is 4.24. The van der Waals surface area contributed by atoms with Crippen LogP contribution < -0.4 is 0 Å². The van der Waals surface area contributed by atoms with E-state index in [1.165, 1.54) is 12.1 Å². The smallest absolute Gasteiger partial charge is 0.336 e. The number of carboxylic acid groups (broad SMARTS) is 1. The molecule has 0 bridgehead atoms. The minimum absolute atomic E-state index is 0.128. The van der Waals surface area contributed by atoms with Crippen LogP contribution in [0.25, 0.3) is 11.6 Å². The van der Waals surface area contributed by atoms with Gasteiger partial charge in [0.25, 0.3) is 0 Å². The summed E-state index contributed by atoms with van der Waals surface area (Å²) < 4.78 is 13.7. The van der Waals surface area contributed by atoms with Gasteiger partial charge in [-0.05, 0) is 28.8 Å². The largest absolute Gasteiger partial charge is 0.478 e. The molecule has 0 aliphatic carbocycles. The van der Waals surface area contributed by atoms with E-state index in [4.69, 9.17) is 0 Å². The molecule has 116 valence electrons. The van der Waals surface area contributed by atoms with Crippen molar-refractivity contribution >= 4 is 30.2 Å². The normalized spacial score (nSPS) is 10.6. The van der Waals surface area contributed by atoms with Crippen LogP contribution in [-0.4, -0.2) is 11.1 Å². The maximum Gasteiger partial charge on any atom is 0.336 e. The fourth-order valence-electron chi connectivity index (χ4n) is 1.83. The van der Waals surface area contributed by atoms with Gasteiger partial charge in [-0.2, -0.15) is 12.6 Å². The number of aliphatic carboxylic acids is 1.